The second kappa shape index (κ2) is 8.13. The highest BCUT2D eigenvalue weighted by atomic mass is 16.6. The molecule has 2 atom stereocenters. The maximum atomic E-state index is 13.1. The first-order valence-electron chi connectivity index (χ1n) is 10.3. The van der Waals surface area contributed by atoms with E-state index in [2.05, 4.69) is 0 Å². The van der Waals surface area contributed by atoms with Gasteiger partial charge in [0.15, 0.2) is 0 Å². The Hall–Kier alpha value is -4.38. The van der Waals surface area contributed by atoms with Crippen LogP contribution in [0.15, 0.2) is 42.7 Å². The van der Waals surface area contributed by atoms with Gasteiger partial charge in [-0.1, -0.05) is 0 Å². The maximum Gasteiger partial charge on any atom is 0.344 e. The van der Waals surface area contributed by atoms with Crippen molar-refractivity contribution in [2.24, 2.45) is 0 Å². The van der Waals surface area contributed by atoms with Gasteiger partial charge in [-0.2, -0.15) is 0 Å². The summed E-state index contributed by atoms with van der Waals surface area (Å²) >= 11 is 0. The molecule has 11 heteroatoms. The minimum atomic E-state index is -1.72. The molecule has 0 saturated heterocycles. The van der Waals surface area contributed by atoms with Gasteiger partial charge in [0.1, 0.15) is 56.4 Å². The Morgan fingerprint density at radius 3 is 1.80 bits per heavy atom. The number of hydrogen-bond donors (Lipinski definition) is 2. The molecule has 0 bridgehead atoms. The van der Waals surface area contributed by atoms with Crippen molar-refractivity contribution in [1.29, 1.82) is 0 Å². The zero-order valence-electron chi connectivity index (χ0n) is 19.0. The number of ether oxygens (including phenoxy) is 5. The molecule has 3 heterocycles. The van der Waals surface area contributed by atoms with Crippen LogP contribution in [-0.2, 0) is 0 Å². The van der Waals surface area contributed by atoms with E-state index in [1.165, 1.54) is 46.6 Å². The molecule has 182 valence electrons. The molecule has 2 unspecified atom stereocenters. The van der Waals surface area contributed by atoms with E-state index in [9.17, 15) is 19.8 Å². The van der Waals surface area contributed by atoms with Gasteiger partial charge in [-0.05, 0) is 0 Å². The van der Waals surface area contributed by atoms with E-state index in [4.69, 9.17) is 32.5 Å². The first kappa shape index (κ1) is 22.4. The van der Waals surface area contributed by atoms with Gasteiger partial charge in [0.2, 0.25) is 6.29 Å². The van der Waals surface area contributed by atoms with E-state index >= 15 is 0 Å². The summed E-state index contributed by atoms with van der Waals surface area (Å²) in [5, 5.41) is 22.3. The zero-order chi connectivity index (χ0) is 25.0. The van der Waals surface area contributed by atoms with Crippen LogP contribution in [0.3, 0.4) is 0 Å². The summed E-state index contributed by atoms with van der Waals surface area (Å²) in [5.41, 5.74) is -2.38. The number of aliphatic hydroxyl groups excluding tert-OH is 1. The highest BCUT2D eigenvalue weighted by molar-refractivity contribution is 5.94. The van der Waals surface area contributed by atoms with Gasteiger partial charge in [0, 0.05) is 24.3 Å². The van der Waals surface area contributed by atoms with Crippen LogP contribution in [0.5, 0.6) is 34.5 Å². The van der Waals surface area contributed by atoms with Gasteiger partial charge in [-0.3, -0.25) is 0 Å². The van der Waals surface area contributed by atoms with Crippen LogP contribution < -0.4 is 34.9 Å². The summed E-state index contributed by atoms with van der Waals surface area (Å²) in [6, 6.07) is 5.90. The predicted octanol–water partition coefficient (Wildman–Crippen LogP) is 2.48. The topological polar surface area (TPSA) is 147 Å². The van der Waals surface area contributed by atoms with Crippen molar-refractivity contribution in [1.82, 2.24) is 0 Å². The van der Waals surface area contributed by atoms with Gasteiger partial charge in [0.05, 0.1) is 45.5 Å². The average Bonchev–Trinajstić information content (AvgIpc) is 3.19. The smallest absolute Gasteiger partial charge is 0.344 e. The molecule has 5 rings (SSSR count). The fourth-order valence-electron chi connectivity index (χ4n) is 4.36. The molecule has 0 spiro atoms. The van der Waals surface area contributed by atoms with Gasteiger partial charge in [-0.25, -0.2) is 9.59 Å². The minimum absolute atomic E-state index is 0.0135. The van der Waals surface area contributed by atoms with Crippen LogP contribution in [0.1, 0.15) is 17.0 Å². The molecule has 1 aliphatic heterocycles. The molecule has 2 aromatic carbocycles. The number of fused-ring (bicyclic) bond motifs is 4. The van der Waals surface area contributed by atoms with Gasteiger partial charge < -0.3 is 42.7 Å². The Labute approximate surface area is 196 Å². The molecule has 11 nitrogen and oxygen atoms in total. The predicted molar refractivity (Wildman–Crippen MR) is 121 cm³/mol. The van der Waals surface area contributed by atoms with Crippen molar-refractivity contribution < 1.29 is 42.7 Å². The Kier molecular flexibility index (Phi) is 5.21. The van der Waals surface area contributed by atoms with Crippen molar-refractivity contribution in [3.63, 3.8) is 0 Å². The largest absolute Gasteiger partial charge is 0.506 e. The molecule has 0 amide bonds. The average molecular weight is 484 g/mol. The number of benzene rings is 2. The van der Waals surface area contributed by atoms with Crippen molar-refractivity contribution in [2.75, 3.05) is 28.4 Å². The van der Waals surface area contributed by atoms with Crippen LogP contribution in [0.2, 0.25) is 0 Å². The fourth-order valence-corrected chi connectivity index (χ4v) is 4.36. The molecule has 2 aromatic heterocycles. The molecular formula is C24H20O11. The van der Waals surface area contributed by atoms with Gasteiger partial charge in [-0.15, -0.1) is 0 Å². The molecule has 1 aliphatic rings. The second-order valence-electron chi connectivity index (χ2n) is 7.68. The number of aromatic hydroxyl groups is 1. The van der Waals surface area contributed by atoms with E-state index in [1.54, 1.807) is 6.07 Å². The number of aliphatic hydroxyl groups is 1. The minimum Gasteiger partial charge on any atom is -0.506 e. The van der Waals surface area contributed by atoms with Crippen molar-refractivity contribution in [2.45, 2.75) is 12.2 Å². The monoisotopic (exact) mass is 484 g/mol. The van der Waals surface area contributed by atoms with Crippen LogP contribution >= 0.6 is 0 Å². The van der Waals surface area contributed by atoms with Crippen molar-refractivity contribution in [3.8, 4) is 34.5 Å². The normalized spacial score (nSPS) is 16.7. The van der Waals surface area contributed by atoms with Crippen molar-refractivity contribution in [3.05, 3.63) is 56.2 Å². The second-order valence-corrected chi connectivity index (χ2v) is 7.68. The van der Waals surface area contributed by atoms with E-state index in [0.29, 0.717) is 11.5 Å². The zero-order valence-corrected chi connectivity index (χ0v) is 19.0. The van der Waals surface area contributed by atoms with E-state index in [0.717, 1.165) is 0 Å². The third kappa shape index (κ3) is 3.23. The maximum absolute atomic E-state index is 13.1. The van der Waals surface area contributed by atoms with Crippen LogP contribution in [-0.4, -0.2) is 44.9 Å². The lowest BCUT2D eigenvalue weighted by Gasteiger charge is -2.16. The van der Waals surface area contributed by atoms with E-state index in [-0.39, 0.29) is 44.8 Å². The molecule has 0 aliphatic carbocycles. The third-order valence-corrected chi connectivity index (χ3v) is 5.94. The highest BCUT2D eigenvalue weighted by Crippen LogP contribution is 2.49. The first-order chi connectivity index (χ1) is 16.8. The standard InChI is InChI=1S/C24H20O11/c1-29-9-5-11(31-3)15-13(7-9)33-23(27)18(20(15)25)17-19-21(35-22(17)26)16-12(32-4)6-10(30-2)8-14(16)34-24(19)28/h5-8,17,22,25-26H,1-4H3. The van der Waals surface area contributed by atoms with E-state index in [1.807, 2.05) is 0 Å². The lowest BCUT2D eigenvalue weighted by Crippen LogP contribution is -2.26. The fraction of sp³-hybridized carbons (Fsp3) is 0.250. The summed E-state index contributed by atoms with van der Waals surface area (Å²) in [5.74, 6) is -0.932. The quantitative estimate of drug-likeness (QED) is 0.403. The van der Waals surface area contributed by atoms with Gasteiger partial charge in [0.25, 0.3) is 0 Å². The summed E-state index contributed by atoms with van der Waals surface area (Å²) in [4.78, 5) is 26.1. The lowest BCUT2D eigenvalue weighted by molar-refractivity contribution is -0.00992. The number of rotatable bonds is 5. The Balaban J connectivity index is 1.82. The summed E-state index contributed by atoms with van der Waals surface area (Å²) in [7, 11) is 5.62. The number of methoxy groups -OCH3 is 4. The third-order valence-electron chi connectivity index (χ3n) is 5.94. The van der Waals surface area contributed by atoms with Crippen molar-refractivity contribution >= 4 is 21.9 Å². The number of hydrogen-bond acceptors (Lipinski definition) is 11. The molecule has 0 fully saturated rings. The SMILES string of the molecule is COc1cc(OC)c2c(O)c(C3c4c(c5c(OC)cc(OC)cc5oc4=O)OC3O)c(=O)oc2c1. The summed E-state index contributed by atoms with van der Waals surface area (Å²) in [6.07, 6.45) is -1.72. The summed E-state index contributed by atoms with van der Waals surface area (Å²) in [6.45, 7) is 0. The van der Waals surface area contributed by atoms with E-state index < -0.39 is 34.8 Å². The Bertz CT molecular complexity index is 1600. The molecule has 0 saturated carbocycles. The highest BCUT2D eigenvalue weighted by Gasteiger charge is 2.44. The molecule has 35 heavy (non-hydrogen) atoms. The van der Waals surface area contributed by atoms with Crippen LogP contribution in [0, 0.1) is 0 Å². The Morgan fingerprint density at radius 1 is 0.743 bits per heavy atom. The molecular weight excluding hydrogens is 464 g/mol. The summed E-state index contributed by atoms with van der Waals surface area (Å²) < 4.78 is 37.6. The van der Waals surface area contributed by atoms with Gasteiger partial charge >= 0.3 is 11.3 Å². The molecule has 4 aromatic rings. The molecule has 2 N–H and O–H groups in total. The Morgan fingerprint density at radius 2 is 1.26 bits per heavy atom. The first-order valence-corrected chi connectivity index (χ1v) is 10.3. The van der Waals surface area contributed by atoms with Crippen LogP contribution in [0.4, 0.5) is 0 Å². The lowest BCUT2D eigenvalue weighted by atomic mass is 9.91. The van der Waals surface area contributed by atoms with Crippen LogP contribution in [0.25, 0.3) is 21.9 Å². The molecule has 0 radical (unpaired) electrons.